The van der Waals surface area contributed by atoms with Gasteiger partial charge >= 0.3 is 0 Å². The Labute approximate surface area is 89.7 Å². The molecule has 0 fully saturated rings. The third kappa shape index (κ3) is 1.54. The van der Waals surface area contributed by atoms with Crippen molar-refractivity contribution >= 4 is 17.1 Å². The normalized spacial score (nSPS) is 10.6. The number of aryl methyl sites for hydroxylation is 3. The van der Waals surface area contributed by atoms with Crippen LogP contribution in [0.1, 0.15) is 27.0 Å². The molecule has 2 rings (SSSR count). The fraction of sp³-hybridized carbons (Fsp3) is 0.214. The largest absolute Gasteiger partial charge is 0.298 e. The number of carbonyl (C=O) groups is 1. The summed E-state index contributed by atoms with van der Waals surface area (Å²) in [5.41, 5.74) is 4.42. The van der Waals surface area contributed by atoms with Crippen LogP contribution in [0.3, 0.4) is 0 Å². The molecule has 0 aromatic heterocycles. The monoisotopic (exact) mass is 198 g/mol. The van der Waals surface area contributed by atoms with E-state index in [4.69, 9.17) is 0 Å². The van der Waals surface area contributed by atoms with Gasteiger partial charge in [-0.2, -0.15) is 0 Å². The Kier molecular flexibility index (Phi) is 2.31. The van der Waals surface area contributed by atoms with Crippen LogP contribution in [0.15, 0.2) is 24.3 Å². The van der Waals surface area contributed by atoms with Crippen LogP contribution in [-0.2, 0) is 0 Å². The van der Waals surface area contributed by atoms with Gasteiger partial charge in [0.2, 0.25) is 0 Å². The molecule has 1 nitrogen and oxygen atoms in total. The molecule has 2 aromatic rings. The summed E-state index contributed by atoms with van der Waals surface area (Å²) < 4.78 is 0. The maximum absolute atomic E-state index is 10.8. The van der Waals surface area contributed by atoms with E-state index in [1.807, 2.05) is 19.1 Å². The third-order valence-corrected chi connectivity index (χ3v) is 3.07. The summed E-state index contributed by atoms with van der Waals surface area (Å²) in [4.78, 5) is 10.8. The van der Waals surface area contributed by atoms with Crippen molar-refractivity contribution in [2.24, 2.45) is 0 Å². The van der Waals surface area contributed by atoms with Crippen molar-refractivity contribution in [2.45, 2.75) is 20.8 Å². The molecule has 0 N–H and O–H groups in total. The lowest BCUT2D eigenvalue weighted by molar-refractivity contribution is 0.112. The van der Waals surface area contributed by atoms with Gasteiger partial charge in [-0.3, -0.25) is 4.79 Å². The molecule has 0 amide bonds. The first kappa shape index (κ1) is 9.91. The van der Waals surface area contributed by atoms with E-state index in [2.05, 4.69) is 26.0 Å². The first-order valence-corrected chi connectivity index (χ1v) is 5.09. The smallest absolute Gasteiger partial charge is 0.150 e. The summed E-state index contributed by atoms with van der Waals surface area (Å²) in [5.74, 6) is 0. The summed E-state index contributed by atoms with van der Waals surface area (Å²) in [7, 11) is 0. The predicted molar refractivity (Wildman–Crippen MR) is 63.5 cm³/mol. The van der Waals surface area contributed by atoms with Crippen molar-refractivity contribution in [1.82, 2.24) is 0 Å². The fourth-order valence-corrected chi connectivity index (χ4v) is 1.89. The van der Waals surface area contributed by atoms with Gasteiger partial charge in [0.25, 0.3) is 0 Å². The van der Waals surface area contributed by atoms with Crippen LogP contribution in [-0.4, -0.2) is 6.29 Å². The van der Waals surface area contributed by atoms with E-state index in [9.17, 15) is 4.79 Å². The van der Waals surface area contributed by atoms with Crippen molar-refractivity contribution in [3.05, 3.63) is 46.5 Å². The van der Waals surface area contributed by atoms with Crippen molar-refractivity contribution in [3.8, 4) is 0 Å². The molecular weight excluding hydrogens is 184 g/mol. The van der Waals surface area contributed by atoms with Crippen LogP contribution in [0.2, 0.25) is 0 Å². The lowest BCUT2D eigenvalue weighted by Crippen LogP contribution is -1.90. The van der Waals surface area contributed by atoms with Crippen molar-refractivity contribution < 1.29 is 4.79 Å². The number of benzene rings is 2. The summed E-state index contributed by atoms with van der Waals surface area (Å²) in [6.07, 6.45) is 0.921. The molecule has 76 valence electrons. The molecule has 0 heterocycles. The van der Waals surface area contributed by atoms with Crippen LogP contribution in [0, 0.1) is 20.8 Å². The van der Waals surface area contributed by atoms with Crippen LogP contribution in [0.4, 0.5) is 0 Å². The molecule has 1 heteroatoms. The summed E-state index contributed by atoms with van der Waals surface area (Å²) in [6, 6.07) is 8.23. The van der Waals surface area contributed by atoms with Crippen LogP contribution >= 0.6 is 0 Å². The van der Waals surface area contributed by atoms with Gasteiger partial charge < -0.3 is 0 Å². The second-order valence-corrected chi connectivity index (χ2v) is 4.06. The highest BCUT2D eigenvalue weighted by atomic mass is 16.1. The van der Waals surface area contributed by atoms with Gasteiger partial charge in [-0.05, 0) is 48.2 Å². The van der Waals surface area contributed by atoms with Crippen LogP contribution < -0.4 is 0 Å². The Morgan fingerprint density at radius 3 is 2.33 bits per heavy atom. The molecule has 0 unspecified atom stereocenters. The predicted octanol–water partition coefficient (Wildman–Crippen LogP) is 3.58. The van der Waals surface area contributed by atoms with E-state index in [0.717, 1.165) is 17.4 Å². The number of aldehydes is 1. The molecule has 0 aliphatic heterocycles. The lowest BCUT2D eigenvalue weighted by Gasteiger charge is -2.08. The third-order valence-electron chi connectivity index (χ3n) is 3.07. The van der Waals surface area contributed by atoms with Gasteiger partial charge in [0.1, 0.15) is 6.29 Å². The minimum Gasteiger partial charge on any atom is -0.298 e. The SMILES string of the molecule is Cc1cc2ccc(C=O)c(C)c2cc1C. The quantitative estimate of drug-likeness (QED) is 0.640. The molecule has 0 bridgehead atoms. The molecule has 0 radical (unpaired) electrons. The number of fused-ring (bicyclic) bond motifs is 1. The number of hydrogen-bond acceptors (Lipinski definition) is 1. The maximum atomic E-state index is 10.8. The Morgan fingerprint density at radius 1 is 1.00 bits per heavy atom. The number of hydrogen-bond donors (Lipinski definition) is 0. The molecule has 2 aromatic carbocycles. The topological polar surface area (TPSA) is 17.1 Å². The lowest BCUT2D eigenvalue weighted by atomic mass is 9.97. The highest BCUT2D eigenvalue weighted by molar-refractivity contribution is 5.93. The van der Waals surface area contributed by atoms with E-state index in [1.54, 1.807) is 0 Å². The molecule has 0 spiro atoms. The first-order valence-electron chi connectivity index (χ1n) is 5.09. The number of carbonyl (C=O) groups excluding carboxylic acids is 1. The van der Waals surface area contributed by atoms with Gasteiger partial charge in [0, 0.05) is 5.56 Å². The zero-order valence-corrected chi connectivity index (χ0v) is 9.29. The van der Waals surface area contributed by atoms with Gasteiger partial charge in [0.15, 0.2) is 0 Å². The van der Waals surface area contributed by atoms with E-state index >= 15 is 0 Å². The molecule has 0 saturated carbocycles. The van der Waals surface area contributed by atoms with Crippen molar-refractivity contribution in [3.63, 3.8) is 0 Å². The maximum Gasteiger partial charge on any atom is 0.150 e. The molecule has 0 aliphatic carbocycles. The van der Waals surface area contributed by atoms with Gasteiger partial charge in [0.05, 0.1) is 0 Å². The molecule has 0 atom stereocenters. The van der Waals surface area contributed by atoms with E-state index < -0.39 is 0 Å². The average Bonchev–Trinajstić information content (AvgIpc) is 2.22. The highest BCUT2D eigenvalue weighted by Crippen LogP contribution is 2.24. The fourth-order valence-electron chi connectivity index (χ4n) is 1.89. The minimum atomic E-state index is 0.783. The Bertz CT molecular complexity index is 539. The number of rotatable bonds is 1. The van der Waals surface area contributed by atoms with Gasteiger partial charge in [-0.1, -0.05) is 24.3 Å². The summed E-state index contributed by atoms with van der Waals surface area (Å²) >= 11 is 0. The molecule has 0 saturated heterocycles. The van der Waals surface area contributed by atoms with Crippen molar-refractivity contribution in [2.75, 3.05) is 0 Å². The van der Waals surface area contributed by atoms with E-state index in [1.165, 1.54) is 21.9 Å². The van der Waals surface area contributed by atoms with E-state index in [0.29, 0.717) is 0 Å². The zero-order chi connectivity index (χ0) is 11.0. The molecule has 15 heavy (non-hydrogen) atoms. The Hall–Kier alpha value is -1.63. The van der Waals surface area contributed by atoms with Gasteiger partial charge in [-0.25, -0.2) is 0 Å². The summed E-state index contributed by atoms with van der Waals surface area (Å²) in [6.45, 7) is 6.21. The molecular formula is C14H14O. The first-order chi connectivity index (χ1) is 7.13. The minimum absolute atomic E-state index is 0.783. The van der Waals surface area contributed by atoms with Gasteiger partial charge in [-0.15, -0.1) is 0 Å². The highest BCUT2D eigenvalue weighted by Gasteiger charge is 2.04. The van der Waals surface area contributed by atoms with Crippen molar-refractivity contribution in [1.29, 1.82) is 0 Å². The average molecular weight is 198 g/mol. The summed E-state index contributed by atoms with van der Waals surface area (Å²) in [5, 5.41) is 2.39. The van der Waals surface area contributed by atoms with Crippen LogP contribution in [0.25, 0.3) is 10.8 Å². The van der Waals surface area contributed by atoms with E-state index in [-0.39, 0.29) is 0 Å². The second-order valence-electron chi connectivity index (χ2n) is 4.06. The molecule has 0 aliphatic rings. The second kappa shape index (κ2) is 3.50. The standard InChI is InChI=1S/C14H14O/c1-9-6-12-4-5-13(8-15)11(3)14(12)7-10(9)2/h4-8H,1-3H3. The Balaban J connectivity index is 2.87. The Morgan fingerprint density at radius 2 is 1.67 bits per heavy atom. The zero-order valence-electron chi connectivity index (χ0n) is 9.29. The van der Waals surface area contributed by atoms with Crippen LogP contribution in [0.5, 0.6) is 0 Å².